The van der Waals surface area contributed by atoms with Crippen molar-refractivity contribution in [3.05, 3.63) is 18.0 Å². The van der Waals surface area contributed by atoms with E-state index in [0.29, 0.717) is 11.4 Å². The first-order valence-corrected chi connectivity index (χ1v) is 6.30. The summed E-state index contributed by atoms with van der Waals surface area (Å²) < 4.78 is 1.86. The number of likely N-dealkylation sites (N-methyl/N-ethyl adjacent to an activating group) is 1. The Morgan fingerprint density at radius 1 is 1.39 bits per heavy atom. The lowest BCUT2D eigenvalue weighted by Crippen LogP contribution is -2.52. The highest BCUT2D eigenvalue weighted by atomic mass is 16.2. The van der Waals surface area contributed by atoms with Gasteiger partial charge in [-0.2, -0.15) is 0 Å². The molecule has 1 aromatic rings. The second kappa shape index (κ2) is 5.41. The fourth-order valence-electron chi connectivity index (χ4n) is 2.10. The molecule has 0 unspecified atom stereocenters. The molecule has 0 radical (unpaired) electrons. The minimum absolute atomic E-state index is 0.0851. The molecule has 0 saturated carbocycles. The van der Waals surface area contributed by atoms with Crippen LogP contribution in [0.4, 0.5) is 5.69 Å². The lowest BCUT2D eigenvalue weighted by atomic mass is 10.3. The Labute approximate surface area is 107 Å². The monoisotopic (exact) mass is 251 g/mol. The van der Waals surface area contributed by atoms with E-state index < -0.39 is 0 Å². The summed E-state index contributed by atoms with van der Waals surface area (Å²) >= 11 is 0. The molecular weight excluding hydrogens is 230 g/mol. The maximum Gasteiger partial charge on any atom is 0.282 e. The lowest BCUT2D eigenvalue weighted by molar-refractivity contribution is 0.0654. The first kappa shape index (κ1) is 12.9. The molecule has 1 aliphatic rings. The molecule has 0 spiro atoms. The van der Waals surface area contributed by atoms with Crippen LogP contribution in [-0.4, -0.2) is 53.6 Å². The van der Waals surface area contributed by atoms with Crippen LogP contribution in [0.3, 0.4) is 0 Å². The van der Waals surface area contributed by atoms with Crippen molar-refractivity contribution in [2.45, 2.75) is 13.5 Å². The fraction of sp³-hybridized carbons (Fsp3) is 0.583. The number of nitrogens with zero attached hydrogens (tertiary/aromatic N) is 3. The molecular formula is C12H21N5O. The van der Waals surface area contributed by atoms with Crippen LogP contribution >= 0.6 is 0 Å². The van der Waals surface area contributed by atoms with Gasteiger partial charge in [0.1, 0.15) is 5.69 Å². The molecule has 100 valence electrons. The Morgan fingerprint density at radius 2 is 2.06 bits per heavy atom. The average molecular weight is 251 g/mol. The predicted octanol–water partition coefficient (Wildman–Crippen LogP) is -0.0176. The standard InChI is InChI=1S/C12H21N5O/c1-3-16-9-10(13)8-11(16)12(18)14-17-6-4-15(2)5-7-17/h8-9H,3-7,13H2,1-2H3,(H,14,18). The first-order chi connectivity index (χ1) is 8.60. The molecule has 1 amide bonds. The lowest BCUT2D eigenvalue weighted by Gasteiger charge is -2.32. The third-order valence-electron chi connectivity index (χ3n) is 3.25. The smallest absolute Gasteiger partial charge is 0.282 e. The van der Waals surface area contributed by atoms with Gasteiger partial charge < -0.3 is 15.2 Å². The molecule has 0 bridgehead atoms. The van der Waals surface area contributed by atoms with Gasteiger partial charge in [0.2, 0.25) is 0 Å². The van der Waals surface area contributed by atoms with E-state index in [1.54, 1.807) is 12.3 Å². The van der Waals surface area contributed by atoms with Crippen molar-refractivity contribution in [2.24, 2.45) is 0 Å². The second-order valence-corrected chi connectivity index (χ2v) is 4.68. The molecule has 3 N–H and O–H groups in total. The number of hydrogen-bond donors (Lipinski definition) is 2. The molecule has 0 atom stereocenters. The summed E-state index contributed by atoms with van der Waals surface area (Å²) in [4.78, 5) is 14.4. The van der Waals surface area contributed by atoms with Crippen molar-refractivity contribution < 1.29 is 4.79 Å². The fourth-order valence-corrected chi connectivity index (χ4v) is 2.10. The van der Waals surface area contributed by atoms with Crippen molar-refractivity contribution in [3.63, 3.8) is 0 Å². The molecule has 6 nitrogen and oxygen atoms in total. The van der Waals surface area contributed by atoms with E-state index >= 15 is 0 Å². The molecule has 6 heteroatoms. The topological polar surface area (TPSA) is 66.5 Å². The van der Waals surface area contributed by atoms with Gasteiger partial charge in [0, 0.05) is 38.9 Å². The summed E-state index contributed by atoms with van der Waals surface area (Å²) in [7, 11) is 2.09. The van der Waals surface area contributed by atoms with Crippen LogP contribution in [0.15, 0.2) is 12.3 Å². The molecule has 2 heterocycles. The van der Waals surface area contributed by atoms with E-state index in [4.69, 9.17) is 5.73 Å². The van der Waals surface area contributed by atoms with E-state index in [0.717, 1.165) is 32.7 Å². The zero-order valence-corrected chi connectivity index (χ0v) is 11.0. The molecule has 18 heavy (non-hydrogen) atoms. The Hall–Kier alpha value is -1.53. The van der Waals surface area contributed by atoms with Gasteiger partial charge in [0.05, 0.1) is 5.69 Å². The van der Waals surface area contributed by atoms with Crippen molar-refractivity contribution in [3.8, 4) is 0 Å². The largest absolute Gasteiger partial charge is 0.397 e. The minimum atomic E-state index is -0.0851. The van der Waals surface area contributed by atoms with Gasteiger partial charge in [0.25, 0.3) is 5.91 Å². The van der Waals surface area contributed by atoms with E-state index in [1.165, 1.54) is 0 Å². The number of nitrogens with one attached hydrogen (secondary N) is 1. The van der Waals surface area contributed by atoms with Crippen molar-refractivity contribution >= 4 is 11.6 Å². The summed E-state index contributed by atoms with van der Waals surface area (Å²) in [6.07, 6.45) is 1.79. The number of nitrogen functional groups attached to an aromatic ring is 1. The van der Waals surface area contributed by atoms with Crippen LogP contribution < -0.4 is 11.2 Å². The SMILES string of the molecule is CCn1cc(N)cc1C(=O)NN1CCN(C)CC1. The van der Waals surface area contributed by atoms with E-state index in [1.807, 2.05) is 16.5 Å². The Bertz CT molecular complexity index is 420. The summed E-state index contributed by atoms with van der Waals surface area (Å²) in [5, 5.41) is 1.96. The molecule has 2 rings (SSSR count). The highest BCUT2D eigenvalue weighted by molar-refractivity contribution is 5.93. The highest BCUT2D eigenvalue weighted by Crippen LogP contribution is 2.10. The average Bonchev–Trinajstić information content (AvgIpc) is 2.73. The number of hydrogen-bond acceptors (Lipinski definition) is 4. The van der Waals surface area contributed by atoms with E-state index in [9.17, 15) is 4.79 Å². The Morgan fingerprint density at radius 3 is 2.67 bits per heavy atom. The number of hydrazine groups is 1. The van der Waals surface area contributed by atoms with Gasteiger partial charge in [-0.1, -0.05) is 0 Å². The van der Waals surface area contributed by atoms with E-state index in [-0.39, 0.29) is 5.91 Å². The molecule has 0 aliphatic carbocycles. The minimum Gasteiger partial charge on any atom is -0.397 e. The second-order valence-electron chi connectivity index (χ2n) is 4.68. The number of rotatable bonds is 3. The number of carbonyl (C=O) groups excluding carboxylic acids is 1. The number of nitrogens with two attached hydrogens (primary N) is 1. The van der Waals surface area contributed by atoms with Gasteiger partial charge in [-0.05, 0) is 20.0 Å². The summed E-state index contributed by atoms with van der Waals surface area (Å²) in [5.41, 5.74) is 9.90. The van der Waals surface area contributed by atoms with Crippen LogP contribution in [0.25, 0.3) is 0 Å². The number of amides is 1. The van der Waals surface area contributed by atoms with Gasteiger partial charge >= 0.3 is 0 Å². The summed E-state index contributed by atoms with van der Waals surface area (Å²) in [6.45, 7) is 6.37. The van der Waals surface area contributed by atoms with Gasteiger partial charge in [-0.15, -0.1) is 0 Å². The van der Waals surface area contributed by atoms with Crippen LogP contribution in [0.2, 0.25) is 0 Å². The molecule has 1 aromatic heterocycles. The number of aromatic nitrogens is 1. The third-order valence-corrected chi connectivity index (χ3v) is 3.25. The van der Waals surface area contributed by atoms with Crippen LogP contribution in [-0.2, 0) is 6.54 Å². The third kappa shape index (κ3) is 2.83. The number of carbonyl (C=O) groups is 1. The summed E-state index contributed by atoms with van der Waals surface area (Å²) in [5.74, 6) is -0.0851. The van der Waals surface area contributed by atoms with Crippen molar-refractivity contribution in [1.29, 1.82) is 0 Å². The molecule has 1 saturated heterocycles. The number of aryl methyl sites for hydroxylation is 1. The van der Waals surface area contributed by atoms with Crippen LogP contribution in [0, 0.1) is 0 Å². The molecule has 1 aliphatic heterocycles. The normalized spacial score (nSPS) is 17.9. The van der Waals surface area contributed by atoms with Crippen LogP contribution in [0.1, 0.15) is 17.4 Å². The van der Waals surface area contributed by atoms with E-state index in [2.05, 4.69) is 17.4 Å². The predicted molar refractivity (Wildman–Crippen MR) is 71.1 cm³/mol. The molecule has 0 aromatic carbocycles. The van der Waals surface area contributed by atoms with Gasteiger partial charge in [-0.3, -0.25) is 10.2 Å². The first-order valence-electron chi connectivity index (χ1n) is 6.30. The summed E-state index contributed by atoms with van der Waals surface area (Å²) in [6, 6.07) is 1.72. The van der Waals surface area contributed by atoms with Crippen molar-refractivity contribution in [2.75, 3.05) is 39.0 Å². The van der Waals surface area contributed by atoms with Crippen molar-refractivity contribution in [1.82, 2.24) is 19.9 Å². The van der Waals surface area contributed by atoms with Gasteiger partial charge in [0.15, 0.2) is 0 Å². The maximum absolute atomic E-state index is 12.1. The number of piperazine rings is 1. The maximum atomic E-state index is 12.1. The Balaban J connectivity index is 1.99. The zero-order chi connectivity index (χ0) is 13.1. The quantitative estimate of drug-likeness (QED) is 0.792. The Kier molecular flexibility index (Phi) is 3.88. The number of anilines is 1. The highest BCUT2D eigenvalue weighted by Gasteiger charge is 2.18. The van der Waals surface area contributed by atoms with Crippen LogP contribution in [0.5, 0.6) is 0 Å². The zero-order valence-electron chi connectivity index (χ0n) is 11.0. The van der Waals surface area contributed by atoms with Gasteiger partial charge in [-0.25, -0.2) is 5.01 Å². The molecule has 1 fully saturated rings.